The summed E-state index contributed by atoms with van der Waals surface area (Å²) in [6.07, 6.45) is 8.95. The molecule has 14 heteroatoms. The summed E-state index contributed by atoms with van der Waals surface area (Å²) in [7, 11) is -2.48. The summed E-state index contributed by atoms with van der Waals surface area (Å²) in [5.41, 5.74) is -0.542. The summed E-state index contributed by atoms with van der Waals surface area (Å²) in [4.78, 5) is 56.8. The number of aromatic nitrogens is 1. The number of rotatable bonds is 18. The molecule has 0 aliphatic carbocycles. The molecular weight excluding hydrogens is 612 g/mol. The number of likely N-dealkylation sites (N-methyl/N-ethyl adjacent to an activating group) is 1. The standard InChI is InChI=1S/C32H54N6O7S/c1-7-9-10-11-12-16-23(8-2)28(30(41)42)36-29(40)24-17-15-20-38(24)27(39)21-34-31(43)35-25(32(3,4)5)22-37(6)46(44,45)26-18-13-14-19-33-26/h13-14,18-19,23-25,28H,7-12,15-17,20-22H2,1-6H3,(H,36,40)(H,41,42)(H2,34,35,43)/t23?,24-,25?,28+/m0/s1. The van der Waals surface area contributed by atoms with Crippen molar-refractivity contribution in [2.75, 3.05) is 26.7 Å². The highest BCUT2D eigenvalue weighted by molar-refractivity contribution is 7.89. The maximum Gasteiger partial charge on any atom is 0.326 e. The van der Waals surface area contributed by atoms with E-state index in [1.807, 2.05) is 27.7 Å². The fourth-order valence-corrected chi connectivity index (χ4v) is 6.71. The van der Waals surface area contributed by atoms with Crippen molar-refractivity contribution in [1.82, 2.24) is 30.1 Å². The van der Waals surface area contributed by atoms with Crippen molar-refractivity contribution in [2.45, 2.75) is 116 Å². The molecule has 2 rings (SSSR count). The number of hydrogen-bond acceptors (Lipinski definition) is 7. The van der Waals surface area contributed by atoms with E-state index in [0.717, 1.165) is 36.4 Å². The van der Waals surface area contributed by atoms with Crippen molar-refractivity contribution in [1.29, 1.82) is 0 Å². The van der Waals surface area contributed by atoms with Crippen LogP contribution in [0.3, 0.4) is 0 Å². The summed E-state index contributed by atoms with van der Waals surface area (Å²) in [5, 5.41) is 17.9. The van der Waals surface area contributed by atoms with Crippen molar-refractivity contribution >= 4 is 33.8 Å². The molecule has 1 fully saturated rings. The first-order chi connectivity index (χ1) is 21.6. The van der Waals surface area contributed by atoms with Crippen LogP contribution >= 0.6 is 0 Å². The molecule has 0 saturated carbocycles. The van der Waals surface area contributed by atoms with E-state index in [-0.39, 0.29) is 24.0 Å². The molecule has 1 aliphatic heterocycles. The third kappa shape index (κ3) is 11.5. The number of nitrogens with one attached hydrogen (secondary N) is 3. The number of pyridine rings is 1. The lowest BCUT2D eigenvalue weighted by molar-refractivity contribution is -0.145. The average Bonchev–Trinajstić information content (AvgIpc) is 3.50. The number of carbonyl (C=O) groups is 4. The van der Waals surface area contributed by atoms with Crippen molar-refractivity contribution in [3.05, 3.63) is 24.4 Å². The zero-order chi connectivity index (χ0) is 34.5. The van der Waals surface area contributed by atoms with Gasteiger partial charge in [0.15, 0.2) is 5.03 Å². The van der Waals surface area contributed by atoms with Crippen LogP contribution in [0.1, 0.15) is 92.4 Å². The van der Waals surface area contributed by atoms with Crippen LogP contribution in [-0.2, 0) is 24.4 Å². The largest absolute Gasteiger partial charge is 0.480 e. The molecule has 1 aliphatic rings. The summed E-state index contributed by atoms with van der Waals surface area (Å²) in [6.45, 7) is 9.52. The number of nitrogens with zero attached hydrogens (tertiary/aromatic N) is 3. The predicted molar refractivity (Wildman–Crippen MR) is 175 cm³/mol. The molecule has 0 radical (unpaired) electrons. The van der Waals surface area contributed by atoms with Gasteiger partial charge in [0.2, 0.25) is 11.8 Å². The number of carboxylic acids is 1. The van der Waals surface area contributed by atoms with E-state index in [2.05, 4.69) is 27.9 Å². The first kappa shape index (κ1) is 38.9. The second kappa shape index (κ2) is 18.2. The number of aliphatic carboxylic acids is 1. The Bertz CT molecular complexity index is 1260. The van der Waals surface area contributed by atoms with E-state index in [0.29, 0.717) is 32.2 Å². The molecule has 0 aromatic carbocycles. The second-order valence-corrected chi connectivity index (χ2v) is 15.1. The zero-order valence-corrected chi connectivity index (χ0v) is 29.1. The fourth-order valence-electron chi connectivity index (χ4n) is 5.60. The van der Waals surface area contributed by atoms with Gasteiger partial charge in [-0.05, 0) is 42.7 Å². The summed E-state index contributed by atoms with van der Waals surface area (Å²) < 4.78 is 27.1. The number of hydrogen-bond donors (Lipinski definition) is 4. The molecule has 1 aromatic heterocycles. The van der Waals surface area contributed by atoms with Gasteiger partial charge < -0.3 is 26.0 Å². The smallest absolute Gasteiger partial charge is 0.326 e. The molecule has 2 unspecified atom stereocenters. The number of urea groups is 1. The van der Waals surface area contributed by atoms with Gasteiger partial charge in [-0.1, -0.05) is 79.2 Å². The highest BCUT2D eigenvalue weighted by Crippen LogP contribution is 2.23. The molecule has 0 spiro atoms. The molecule has 4 N–H and O–H groups in total. The van der Waals surface area contributed by atoms with Crippen LogP contribution in [-0.4, -0.2) is 96.3 Å². The number of likely N-dealkylation sites (tertiary alicyclic amines) is 1. The zero-order valence-electron chi connectivity index (χ0n) is 28.3. The number of amides is 4. The van der Waals surface area contributed by atoms with Crippen LogP contribution in [0, 0.1) is 11.3 Å². The quantitative estimate of drug-likeness (QED) is 0.172. The SMILES string of the molecule is CCCCCCCC(CC)[C@@H](NC(=O)[C@@H]1CCCN1C(=O)CNC(=O)NC(CN(C)S(=O)(=O)c1ccccn1)C(C)(C)C)C(=O)O. The molecule has 260 valence electrons. The molecule has 1 aromatic rings. The topological polar surface area (TPSA) is 178 Å². The normalized spacial score (nSPS) is 17.3. The van der Waals surface area contributed by atoms with Crippen LogP contribution < -0.4 is 16.0 Å². The molecule has 1 saturated heterocycles. The van der Waals surface area contributed by atoms with Crippen molar-refractivity contribution in [3.63, 3.8) is 0 Å². The van der Waals surface area contributed by atoms with E-state index in [9.17, 15) is 32.7 Å². The summed E-state index contributed by atoms with van der Waals surface area (Å²) in [5.74, 6) is -2.27. The Morgan fingerprint density at radius 3 is 2.37 bits per heavy atom. The van der Waals surface area contributed by atoms with Gasteiger partial charge in [0.25, 0.3) is 10.0 Å². The maximum atomic E-state index is 13.3. The molecule has 13 nitrogen and oxygen atoms in total. The van der Waals surface area contributed by atoms with E-state index in [1.165, 1.54) is 24.2 Å². The maximum absolute atomic E-state index is 13.3. The highest BCUT2D eigenvalue weighted by Gasteiger charge is 2.38. The van der Waals surface area contributed by atoms with Crippen molar-refractivity contribution in [3.8, 4) is 0 Å². The third-order valence-electron chi connectivity index (χ3n) is 8.62. The van der Waals surface area contributed by atoms with Crippen LogP contribution in [0.2, 0.25) is 0 Å². The Morgan fingerprint density at radius 2 is 1.78 bits per heavy atom. The fraction of sp³-hybridized carbons (Fsp3) is 0.719. The molecule has 46 heavy (non-hydrogen) atoms. The molecule has 4 amide bonds. The third-order valence-corrected chi connectivity index (χ3v) is 10.4. The molecule has 2 heterocycles. The van der Waals surface area contributed by atoms with Gasteiger partial charge >= 0.3 is 12.0 Å². The van der Waals surface area contributed by atoms with Crippen molar-refractivity contribution in [2.24, 2.45) is 11.3 Å². The Balaban J connectivity index is 1.98. The lowest BCUT2D eigenvalue weighted by Crippen LogP contribution is -2.56. The van der Waals surface area contributed by atoms with Gasteiger partial charge in [-0.25, -0.2) is 23.0 Å². The summed E-state index contributed by atoms with van der Waals surface area (Å²) >= 11 is 0. The van der Waals surface area contributed by atoms with E-state index >= 15 is 0 Å². The molecule has 0 bridgehead atoms. The Labute approximate surface area is 274 Å². The Hall–Kier alpha value is -3.26. The lowest BCUT2D eigenvalue weighted by Gasteiger charge is -2.34. The van der Waals surface area contributed by atoms with Gasteiger partial charge in [0, 0.05) is 32.4 Å². The second-order valence-electron chi connectivity index (χ2n) is 13.1. The van der Waals surface area contributed by atoms with Gasteiger partial charge in [0.1, 0.15) is 12.1 Å². The minimum atomic E-state index is -3.90. The minimum Gasteiger partial charge on any atom is -0.480 e. The Morgan fingerprint density at radius 1 is 1.09 bits per heavy atom. The van der Waals surface area contributed by atoms with Crippen LogP contribution in [0.15, 0.2) is 29.4 Å². The van der Waals surface area contributed by atoms with Gasteiger partial charge in [-0.3, -0.25) is 9.59 Å². The number of sulfonamides is 1. The van der Waals surface area contributed by atoms with Crippen molar-refractivity contribution < 1.29 is 32.7 Å². The van der Waals surface area contributed by atoms with Gasteiger partial charge in [0.05, 0.1) is 6.54 Å². The van der Waals surface area contributed by atoms with E-state index in [1.54, 1.807) is 12.1 Å². The lowest BCUT2D eigenvalue weighted by atomic mass is 9.87. The predicted octanol–water partition coefficient (Wildman–Crippen LogP) is 3.36. The number of carboxylic acid groups (broad SMARTS) is 1. The Kier molecular flexibility index (Phi) is 15.4. The highest BCUT2D eigenvalue weighted by atomic mass is 32.2. The molecule has 4 atom stereocenters. The number of unbranched alkanes of at least 4 members (excludes halogenated alkanes) is 4. The van der Waals surface area contributed by atoms with Crippen LogP contribution in [0.5, 0.6) is 0 Å². The summed E-state index contributed by atoms with van der Waals surface area (Å²) in [6, 6.07) is 1.44. The van der Waals surface area contributed by atoms with Crippen LogP contribution in [0.4, 0.5) is 4.79 Å². The average molecular weight is 667 g/mol. The minimum absolute atomic E-state index is 0.0413. The van der Waals surface area contributed by atoms with Gasteiger partial charge in [-0.15, -0.1) is 0 Å². The van der Waals surface area contributed by atoms with E-state index in [4.69, 9.17) is 0 Å². The first-order valence-electron chi connectivity index (χ1n) is 16.4. The monoisotopic (exact) mass is 666 g/mol. The van der Waals surface area contributed by atoms with Crippen LogP contribution in [0.25, 0.3) is 0 Å². The first-order valence-corrected chi connectivity index (χ1v) is 17.8. The molecular formula is C32H54N6O7S. The van der Waals surface area contributed by atoms with E-state index < -0.39 is 57.4 Å². The number of carbonyl (C=O) groups excluding carboxylic acids is 3. The van der Waals surface area contributed by atoms with Gasteiger partial charge in [-0.2, -0.15) is 4.31 Å².